The zero-order valence-corrected chi connectivity index (χ0v) is 11.3. The number of amides is 1. The maximum absolute atomic E-state index is 11.9. The second kappa shape index (κ2) is 5.29. The molecule has 1 N–H and O–H groups in total. The van der Waals surface area contributed by atoms with Gasteiger partial charge in [-0.15, -0.1) is 11.3 Å². The van der Waals surface area contributed by atoms with E-state index < -0.39 is 0 Å². The van der Waals surface area contributed by atoms with Crippen LogP contribution in [0.1, 0.15) is 10.4 Å². The quantitative estimate of drug-likeness (QED) is 0.947. The molecular formula is C11H9BrN2O2S. The van der Waals surface area contributed by atoms with E-state index in [1.54, 1.807) is 29.8 Å². The van der Waals surface area contributed by atoms with Gasteiger partial charge in [-0.1, -0.05) is 0 Å². The van der Waals surface area contributed by atoms with E-state index in [4.69, 9.17) is 4.74 Å². The van der Waals surface area contributed by atoms with Crippen LogP contribution in [0, 0.1) is 0 Å². The van der Waals surface area contributed by atoms with Crippen LogP contribution in [0.3, 0.4) is 0 Å². The summed E-state index contributed by atoms with van der Waals surface area (Å²) in [6.45, 7) is 0. The number of carbonyl (C=O) groups excluding carboxylic acids is 1. The highest BCUT2D eigenvalue weighted by Gasteiger charge is 2.11. The largest absolute Gasteiger partial charge is 0.480 e. The molecule has 88 valence electrons. The molecule has 1 amide bonds. The molecule has 0 aromatic carbocycles. The molecule has 2 aromatic heterocycles. The van der Waals surface area contributed by atoms with E-state index in [1.807, 2.05) is 0 Å². The lowest BCUT2D eigenvalue weighted by molar-refractivity contribution is 0.102. The molecule has 0 atom stereocenters. The van der Waals surface area contributed by atoms with Crippen molar-refractivity contribution in [3.8, 4) is 5.88 Å². The van der Waals surface area contributed by atoms with Crippen molar-refractivity contribution in [2.24, 2.45) is 0 Å². The molecule has 0 fully saturated rings. The number of anilines is 1. The van der Waals surface area contributed by atoms with E-state index in [1.165, 1.54) is 18.4 Å². The number of nitrogens with one attached hydrogen (secondary N) is 1. The highest BCUT2D eigenvalue weighted by atomic mass is 79.9. The summed E-state index contributed by atoms with van der Waals surface area (Å²) < 4.78 is 5.97. The van der Waals surface area contributed by atoms with Gasteiger partial charge in [0.2, 0.25) is 5.88 Å². The van der Waals surface area contributed by atoms with Crippen molar-refractivity contribution in [3.05, 3.63) is 39.1 Å². The normalized spacial score (nSPS) is 10.0. The Kier molecular flexibility index (Phi) is 3.75. The molecule has 0 radical (unpaired) electrons. The van der Waals surface area contributed by atoms with Crippen LogP contribution >= 0.6 is 27.3 Å². The van der Waals surface area contributed by atoms with Gasteiger partial charge in [-0.3, -0.25) is 4.79 Å². The summed E-state index contributed by atoms with van der Waals surface area (Å²) >= 11 is 4.78. The van der Waals surface area contributed by atoms with Crippen molar-refractivity contribution in [2.45, 2.75) is 0 Å². The van der Waals surface area contributed by atoms with E-state index in [9.17, 15) is 4.79 Å². The van der Waals surface area contributed by atoms with E-state index in [0.717, 1.165) is 3.79 Å². The van der Waals surface area contributed by atoms with Crippen LogP contribution in [-0.2, 0) is 0 Å². The Labute approximate surface area is 111 Å². The van der Waals surface area contributed by atoms with Gasteiger partial charge in [0, 0.05) is 11.6 Å². The average molecular weight is 313 g/mol. The summed E-state index contributed by atoms with van der Waals surface area (Å²) in [6, 6.07) is 5.25. The molecule has 0 aliphatic heterocycles. The number of hydrogen-bond donors (Lipinski definition) is 1. The van der Waals surface area contributed by atoms with Gasteiger partial charge in [0.15, 0.2) is 0 Å². The molecule has 0 aliphatic rings. The minimum atomic E-state index is -0.182. The number of halogens is 1. The van der Waals surface area contributed by atoms with E-state index >= 15 is 0 Å². The van der Waals surface area contributed by atoms with Gasteiger partial charge >= 0.3 is 0 Å². The average Bonchev–Trinajstić information content (AvgIpc) is 2.77. The molecule has 0 saturated carbocycles. The number of methoxy groups -OCH3 is 1. The lowest BCUT2D eigenvalue weighted by Crippen LogP contribution is -2.12. The van der Waals surface area contributed by atoms with Crippen LogP contribution in [0.25, 0.3) is 0 Å². The molecule has 17 heavy (non-hydrogen) atoms. The van der Waals surface area contributed by atoms with Crippen LogP contribution in [0.5, 0.6) is 5.88 Å². The molecule has 0 unspecified atom stereocenters. The lowest BCUT2D eigenvalue weighted by atomic mass is 10.3. The van der Waals surface area contributed by atoms with Crippen molar-refractivity contribution < 1.29 is 9.53 Å². The zero-order chi connectivity index (χ0) is 12.3. The van der Waals surface area contributed by atoms with Gasteiger partial charge in [-0.25, -0.2) is 4.98 Å². The van der Waals surface area contributed by atoms with Crippen molar-refractivity contribution in [1.29, 1.82) is 0 Å². The monoisotopic (exact) mass is 312 g/mol. The topological polar surface area (TPSA) is 51.2 Å². The summed E-state index contributed by atoms with van der Waals surface area (Å²) in [5.41, 5.74) is 1.16. The fraction of sp³-hybridized carbons (Fsp3) is 0.0909. The van der Waals surface area contributed by atoms with Gasteiger partial charge in [-0.05, 0) is 34.1 Å². The molecule has 0 saturated heterocycles. The Bertz CT molecular complexity index is 542. The van der Waals surface area contributed by atoms with Crippen molar-refractivity contribution in [1.82, 2.24) is 4.98 Å². The summed E-state index contributed by atoms with van der Waals surface area (Å²) in [5.74, 6) is 0.216. The molecule has 2 aromatic rings. The number of thiophene rings is 1. The fourth-order valence-electron chi connectivity index (χ4n) is 1.27. The first-order valence-electron chi connectivity index (χ1n) is 4.75. The number of ether oxygens (including phenoxy) is 1. The Morgan fingerprint density at radius 2 is 2.41 bits per heavy atom. The minimum Gasteiger partial charge on any atom is -0.480 e. The maximum Gasteiger partial charge on any atom is 0.256 e. The Balaban J connectivity index is 2.18. The van der Waals surface area contributed by atoms with Gasteiger partial charge < -0.3 is 10.1 Å². The molecule has 0 spiro atoms. The second-order valence-corrected chi connectivity index (χ2v) is 5.44. The molecule has 2 heterocycles. The molecule has 2 rings (SSSR count). The standard InChI is InChI=1S/C11H9BrN2O2S/c1-16-11-8(3-2-4-13-11)14-10(15)7-5-9(12)17-6-7/h2-6H,1H3,(H,14,15). The Morgan fingerprint density at radius 3 is 3.06 bits per heavy atom. The van der Waals surface area contributed by atoms with Crippen LogP contribution in [0.4, 0.5) is 5.69 Å². The van der Waals surface area contributed by atoms with Gasteiger partial charge in [-0.2, -0.15) is 0 Å². The molecule has 0 aliphatic carbocycles. The first kappa shape index (κ1) is 12.1. The number of pyridine rings is 1. The van der Waals surface area contributed by atoms with Crippen LogP contribution < -0.4 is 10.1 Å². The van der Waals surface area contributed by atoms with Crippen molar-refractivity contribution in [2.75, 3.05) is 12.4 Å². The highest BCUT2D eigenvalue weighted by molar-refractivity contribution is 9.11. The number of nitrogens with zero attached hydrogens (tertiary/aromatic N) is 1. The van der Waals surface area contributed by atoms with Gasteiger partial charge in [0.25, 0.3) is 5.91 Å². The third-order valence-corrected chi connectivity index (χ3v) is 3.55. The van der Waals surface area contributed by atoms with Crippen molar-refractivity contribution >= 4 is 38.9 Å². The summed E-state index contributed by atoms with van der Waals surface area (Å²) in [4.78, 5) is 15.9. The smallest absolute Gasteiger partial charge is 0.256 e. The van der Waals surface area contributed by atoms with E-state index in [0.29, 0.717) is 17.1 Å². The van der Waals surface area contributed by atoms with E-state index in [2.05, 4.69) is 26.2 Å². The zero-order valence-electron chi connectivity index (χ0n) is 8.94. The third kappa shape index (κ3) is 2.83. The van der Waals surface area contributed by atoms with Crippen LogP contribution in [0.15, 0.2) is 33.6 Å². The Morgan fingerprint density at radius 1 is 1.59 bits per heavy atom. The summed E-state index contributed by atoms with van der Waals surface area (Å²) in [7, 11) is 1.51. The highest BCUT2D eigenvalue weighted by Crippen LogP contribution is 2.24. The summed E-state index contributed by atoms with van der Waals surface area (Å²) in [6.07, 6.45) is 1.61. The molecule has 6 heteroatoms. The SMILES string of the molecule is COc1ncccc1NC(=O)c1csc(Br)c1. The Hall–Kier alpha value is -1.40. The minimum absolute atomic E-state index is 0.182. The van der Waals surface area contributed by atoms with Gasteiger partial charge in [0.1, 0.15) is 5.69 Å². The fourth-order valence-corrected chi connectivity index (χ4v) is 2.41. The second-order valence-electron chi connectivity index (χ2n) is 3.15. The van der Waals surface area contributed by atoms with Gasteiger partial charge in [0.05, 0.1) is 16.5 Å². The van der Waals surface area contributed by atoms with Crippen LogP contribution in [0.2, 0.25) is 0 Å². The number of rotatable bonds is 3. The van der Waals surface area contributed by atoms with E-state index in [-0.39, 0.29) is 5.91 Å². The molecule has 0 bridgehead atoms. The number of carbonyl (C=O) groups is 1. The van der Waals surface area contributed by atoms with Crippen molar-refractivity contribution in [3.63, 3.8) is 0 Å². The lowest BCUT2D eigenvalue weighted by Gasteiger charge is -2.07. The van der Waals surface area contributed by atoms with Crippen LogP contribution in [-0.4, -0.2) is 18.0 Å². The molecule has 4 nitrogen and oxygen atoms in total. The third-order valence-electron chi connectivity index (χ3n) is 2.04. The predicted octanol–water partition coefficient (Wildman–Crippen LogP) is 3.17. The maximum atomic E-state index is 11.9. The number of aromatic nitrogens is 1. The predicted molar refractivity (Wildman–Crippen MR) is 70.8 cm³/mol. The number of hydrogen-bond acceptors (Lipinski definition) is 4. The first-order valence-corrected chi connectivity index (χ1v) is 6.42. The first-order chi connectivity index (χ1) is 8.20. The molecular weight excluding hydrogens is 304 g/mol. The summed E-state index contributed by atoms with van der Waals surface area (Å²) in [5, 5.41) is 4.53.